The van der Waals surface area contributed by atoms with Gasteiger partial charge in [0.05, 0.1) is 23.2 Å². The predicted molar refractivity (Wildman–Crippen MR) is 82.6 cm³/mol. The lowest BCUT2D eigenvalue weighted by Crippen LogP contribution is -2.39. The van der Waals surface area contributed by atoms with Gasteiger partial charge < -0.3 is 14.5 Å². The van der Waals surface area contributed by atoms with Crippen LogP contribution in [-0.2, 0) is 4.79 Å². The van der Waals surface area contributed by atoms with Crippen molar-refractivity contribution in [2.45, 2.75) is 38.8 Å². The maximum absolute atomic E-state index is 14.3. The van der Waals surface area contributed by atoms with Gasteiger partial charge >= 0.3 is 5.97 Å². The van der Waals surface area contributed by atoms with Crippen LogP contribution in [0.2, 0.25) is 0 Å². The Morgan fingerprint density at radius 1 is 1.46 bits per heavy atom. The van der Waals surface area contributed by atoms with Crippen molar-refractivity contribution in [1.82, 2.24) is 15.0 Å². The first kappa shape index (κ1) is 16.4. The Hall–Kier alpha value is -2.51. The Labute approximate surface area is 137 Å². The zero-order valence-electron chi connectivity index (χ0n) is 13.7. The number of aliphatic carboxylic acids is 1. The van der Waals surface area contributed by atoms with Crippen molar-refractivity contribution >= 4 is 23.0 Å². The van der Waals surface area contributed by atoms with E-state index < -0.39 is 24.1 Å². The van der Waals surface area contributed by atoms with Gasteiger partial charge in [-0.3, -0.25) is 4.79 Å². The molecule has 3 rings (SSSR count). The lowest BCUT2D eigenvalue weighted by Gasteiger charge is -2.18. The van der Waals surface area contributed by atoms with Crippen molar-refractivity contribution in [3.05, 3.63) is 23.0 Å². The number of carboxylic acids is 1. The van der Waals surface area contributed by atoms with Crippen molar-refractivity contribution in [3.63, 3.8) is 0 Å². The fourth-order valence-corrected chi connectivity index (χ4v) is 2.87. The van der Waals surface area contributed by atoms with Gasteiger partial charge in [-0.2, -0.15) is 0 Å². The van der Waals surface area contributed by atoms with Gasteiger partial charge in [0.2, 0.25) is 5.67 Å². The molecule has 0 spiro atoms. The zero-order valence-corrected chi connectivity index (χ0v) is 13.7. The molecule has 2 aromatic heterocycles. The molecule has 128 valence electrons. The van der Waals surface area contributed by atoms with Gasteiger partial charge in [-0.1, -0.05) is 19.0 Å². The Kier molecular flexibility index (Phi) is 3.77. The van der Waals surface area contributed by atoms with Gasteiger partial charge in [0, 0.05) is 18.7 Å². The normalized spacial score (nSPS) is 21.0. The van der Waals surface area contributed by atoms with Gasteiger partial charge in [-0.25, -0.2) is 14.2 Å². The average Bonchev–Trinajstić information content (AvgIpc) is 3.10. The van der Waals surface area contributed by atoms with Crippen LogP contribution in [0.3, 0.4) is 0 Å². The Balaban J connectivity index is 2.04. The van der Waals surface area contributed by atoms with Crippen LogP contribution >= 0.6 is 0 Å². The molecule has 1 unspecified atom stereocenters. The van der Waals surface area contributed by atoms with Crippen LogP contribution in [0.5, 0.6) is 0 Å². The summed E-state index contributed by atoms with van der Waals surface area (Å²) in [6.07, 6.45) is -0.220. The number of fused-ring (bicyclic) bond motifs is 1. The SMILES string of the molecule is Cc1noc2nc(C(C)C)cc(C(=O)N3CCC(F)(C(=O)O)C3)c12. The molecule has 0 radical (unpaired) electrons. The van der Waals surface area contributed by atoms with Crippen LogP contribution in [0.4, 0.5) is 4.39 Å². The van der Waals surface area contributed by atoms with Crippen molar-refractivity contribution in [2.24, 2.45) is 0 Å². The molecule has 1 saturated heterocycles. The Morgan fingerprint density at radius 2 is 2.17 bits per heavy atom. The van der Waals surface area contributed by atoms with E-state index in [0.29, 0.717) is 22.3 Å². The molecular weight excluding hydrogens is 317 g/mol. The minimum atomic E-state index is -2.40. The first-order valence-corrected chi connectivity index (χ1v) is 7.71. The highest BCUT2D eigenvalue weighted by molar-refractivity contribution is 6.06. The van der Waals surface area contributed by atoms with Crippen molar-refractivity contribution in [1.29, 1.82) is 0 Å². The molecule has 1 fully saturated rings. The maximum atomic E-state index is 14.3. The number of carboxylic acid groups (broad SMARTS) is 1. The minimum Gasteiger partial charge on any atom is -0.479 e. The number of carbonyl (C=O) groups is 2. The van der Waals surface area contributed by atoms with Gasteiger partial charge in [0.1, 0.15) is 0 Å². The molecule has 1 aliphatic rings. The van der Waals surface area contributed by atoms with E-state index in [1.807, 2.05) is 13.8 Å². The highest BCUT2D eigenvalue weighted by Crippen LogP contribution is 2.30. The number of aryl methyl sites for hydroxylation is 1. The highest BCUT2D eigenvalue weighted by atomic mass is 19.1. The largest absolute Gasteiger partial charge is 0.479 e. The quantitative estimate of drug-likeness (QED) is 0.924. The number of aromatic nitrogens is 2. The van der Waals surface area contributed by atoms with Crippen LogP contribution in [0.25, 0.3) is 11.1 Å². The molecule has 2 aromatic rings. The monoisotopic (exact) mass is 335 g/mol. The van der Waals surface area contributed by atoms with E-state index in [-0.39, 0.29) is 24.6 Å². The summed E-state index contributed by atoms with van der Waals surface area (Å²) in [6.45, 7) is 5.14. The molecule has 8 heteroatoms. The van der Waals surface area contributed by atoms with Crippen LogP contribution in [0.1, 0.15) is 47.9 Å². The third-order valence-electron chi connectivity index (χ3n) is 4.35. The molecule has 0 aromatic carbocycles. The number of rotatable bonds is 3. The van der Waals surface area contributed by atoms with E-state index in [1.165, 1.54) is 4.90 Å². The van der Waals surface area contributed by atoms with Crippen molar-refractivity contribution in [3.8, 4) is 0 Å². The first-order chi connectivity index (χ1) is 11.2. The molecule has 1 atom stereocenters. The second-order valence-electron chi connectivity index (χ2n) is 6.44. The topological polar surface area (TPSA) is 96.5 Å². The molecule has 0 aliphatic carbocycles. The number of nitrogens with zero attached hydrogens (tertiary/aromatic N) is 3. The number of amides is 1. The number of alkyl halides is 1. The van der Waals surface area contributed by atoms with Crippen LogP contribution < -0.4 is 0 Å². The van der Waals surface area contributed by atoms with Gasteiger partial charge in [-0.05, 0) is 18.9 Å². The third kappa shape index (κ3) is 2.51. The fraction of sp³-hybridized carbons (Fsp3) is 0.500. The van der Waals surface area contributed by atoms with Crippen molar-refractivity contribution in [2.75, 3.05) is 13.1 Å². The molecule has 7 nitrogen and oxygen atoms in total. The third-order valence-corrected chi connectivity index (χ3v) is 4.35. The number of hydrogen-bond donors (Lipinski definition) is 1. The molecule has 1 amide bonds. The van der Waals surface area contributed by atoms with E-state index >= 15 is 0 Å². The second kappa shape index (κ2) is 5.54. The molecular formula is C16H18FN3O4. The standard InChI is InChI=1S/C16H18FN3O4/c1-8(2)11-6-10(12-9(3)19-24-13(12)18-11)14(21)20-5-4-16(17,7-20)15(22)23/h6,8H,4-5,7H2,1-3H3,(H,22,23). The van der Waals surface area contributed by atoms with Crippen LogP contribution in [0, 0.1) is 6.92 Å². The Morgan fingerprint density at radius 3 is 2.75 bits per heavy atom. The lowest BCUT2D eigenvalue weighted by molar-refractivity contribution is -0.149. The summed E-state index contributed by atoms with van der Waals surface area (Å²) >= 11 is 0. The molecule has 24 heavy (non-hydrogen) atoms. The van der Waals surface area contributed by atoms with Crippen LogP contribution in [0.15, 0.2) is 10.6 Å². The smallest absolute Gasteiger partial charge is 0.343 e. The van der Waals surface area contributed by atoms with Crippen LogP contribution in [-0.4, -0.2) is 50.8 Å². The fourth-order valence-electron chi connectivity index (χ4n) is 2.87. The summed E-state index contributed by atoms with van der Waals surface area (Å²) in [5.41, 5.74) is -0.652. The van der Waals surface area contributed by atoms with E-state index in [2.05, 4.69) is 10.1 Å². The molecule has 1 N–H and O–H groups in total. The molecule has 0 bridgehead atoms. The summed E-state index contributed by atoms with van der Waals surface area (Å²) < 4.78 is 19.4. The summed E-state index contributed by atoms with van der Waals surface area (Å²) in [4.78, 5) is 29.5. The number of carbonyl (C=O) groups excluding carboxylic acids is 1. The maximum Gasteiger partial charge on any atom is 0.343 e. The van der Waals surface area contributed by atoms with Gasteiger partial charge in [-0.15, -0.1) is 0 Å². The van der Waals surface area contributed by atoms with Gasteiger partial charge in [0.25, 0.3) is 11.6 Å². The zero-order chi connectivity index (χ0) is 17.6. The van der Waals surface area contributed by atoms with Crippen molar-refractivity contribution < 1.29 is 23.6 Å². The summed E-state index contributed by atoms with van der Waals surface area (Å²) in [5.74, 6) is -1.91. The number of likely N-dealkylation sites (tertiary alicyclic amines) is 1. The number of pyridine rings is 1. The van der Waals surface area contributed by atoms with Gasteiger partial charge in [0.15, 0.2) is 0 Å². The number of halogens is 1. The van der Waals surface area contributed by atoms with E-state index in [1.54, 1.807) is 13.0 Å². The molecule has 3 heterocycles. The summed E-state index contributed by atoms with van der Waals surface area (Å²) in [7, 11) is 0. The summed E-state index contributed by atoms with van der Waals surface area (Å²) in [5, 5.41) is 13.3. The first-order valence-electron chi connectivity index (χ1n) is 7.71. The van der Waals surface area contributed by atoms with E-state index in [9.17, 15) is 14.0 Å². The average molecular weight is 335 g/mol. The lowest BCUT2D eigenvalue weighted by atomic mass is 10.0. The molecule has 1 aliphatic heterocycles. The summed E-state index contributed by atoms with van der Waals surface area (Å²) in [6, 6.07) is 1.65. The Bertz CT molecular complexity index is 832. The molecule has 0 saturated carbocycles. The van der Waals surface area contributed by atoms with E-state index in [4.69, 9.17) is 9.63 Å². The van der Waals surface area contributed by atoms with E-state index in [0.717, 1.165) is 0 Å². The predicted octanol–water partition coefficient (Wildman–Crippen LogP) is 2.29. The minimum absolute atomic E-state index is 0.0484. The number of hydrogen-bond acceptors (Lipinski definition) is 5. The second-order valence-corrected chi connectivity index (χ2v) is 6.44. The highest BCUT2D eigenvalue weighted by Gasteiger charge is 2.47.